The van der Waals surface area contributed by atoms with Gasteiger partial charge in [-0.1, -0.05) is 38.1 Å². The molecule has 1 saturated heterocycles. The van der Waals surface area contributed by atoms with Crippen LogP contribution >= 0.6 is 0 Å². The number of carbonyl (C=O) groups is 1. The number of carbonyl (C=O) groups excluding carboxylic acids is 1. The lowest BCUT2D eigenvalue weighted by molar-refractivity contribution is -0.157. The van der Waals surface area contributed by atoms with Gasteiger partial charge in [-0.2, -0.15) is 0 Å². The second kappa shape index (κ2) is 6.05. The SMILES string of the molecule is CC1C(=O)C(C)C(c2ccc(N)cc2)OC1c1ccc(N)cc1. The normalized spacial score (nSPS) is 27.8. The third-order valence-corrected chi connectivity index (χ3v) is 4.63. The van der Waals surface area contributed by atoms with Crippen LogP contribution in [-0.4, -0.2) is 5.78 Å². The lowest BCUT2D eigenvalue weighted by atomic mass is 9.80. The van der Waals surface area contributed by atoms with Crippen LogP contribution in [0, 0.1) is 11.8 Å². The Morgan fingerprint density at radius 1 is 0.739 bits per heavy atom. The minimum absolute atomic E-state index is 0.182. The number of nitrogens with two attached hydrogens (primary N) is 2. The van der Waals surface area contributed by atoms with Crippen LogP contribution in [0.3, 0.4) is 0 Å². The zero-order valence-corrected chi connectivity index (χ0v) is 13.4. The lowest BCUT2D eigenvalue weighted by Gasteiger charge is -2.38. The van der Waals surface area contributed by atoms with Crippen molar-refractivity contribution in [2.24, 2.45) is 11.8 Å². The van der Waals surface area contributed by atoms with Crippen molar-refractivity contribution in [3.05, 3.63) is 59.7 Å². The highest BCUT2D eigenvalue weighted by molar-refractivity contribution is 5.85. The van der Waals surface area contributed by atoms with Gasteiger partial charge in [0.2, 0.25) is 0 Å². The fraction of sp³-hybridized carbons (Fsp3) is 0.316. The van der Waals surface area contributed by atoms with Crippen LogP contribution in [0.1, 0.15) is 37.2 Å². The number of rotatable bonds is 2. The molecular formula is C19H22N2O2. The number of benzene rings is 2. The van der Waals surface area contributed by atoms with Crippen molar-refractivity contribution in [2.45, 2.75) is 26.1 Å². The van der Waals surface area contributed by atoms with E-state index in [0.717, 1.165) is 11.1 Å². The van der Waals surface area contributed by atoms with Crippen LogP contribution in [0.15, 0.2) is 48.5 Å². The maximum absolute atomic E-state index is 12.7. The van der Waals surface area contributed by atoms with Crippen molar-refractivity contribution < 1.29 is 9.53 Å². The molecule has 4 N–H and O–H groups in total. The van der Waals surface area contributed by atoms with Gasteiger partial charge < -0.3 is 16.2 Å². The van der Waals surface area contributed by atoms with Crippen molar-refractivity contribution in [3.63, 3.8) is 0 Å². The molecule has 4 nitrogen and oxygen atoms in total. The molecule has 1 fully saturated rings. The molecule has 0 radical (unpaired) electrons. The molecule has 0 spiro atoms. The second-order valence-electron chi connectivity index (χ2n) is 6.29. The zero-order valence-electron chi connectivity index (χ0n) is 13.4. The monoisotopic (exact) mass is 310 g/mol. The molecule has 2 aromatic carbocycles. The summed E-state index contributed by atoms with van der Waals surface area (Å²) in [4.78, 5) is 12.7. The van der Waals surface area contributed by atoms with Crippen LogP contribution in [0.4, 0.5) is 11.4 Å². The van der Waals surface area contributed by atoms with E-state index in [4.69, 9.17) is 16.2 Å². The van der Waals surface area contributed by atoms with Crippen molar-refractivity contribution in [1.29, 1.82) is 0 Å². The van der Waals surface area contributed by atoms with Gasteiger partial charge in [0.25, 0.3) is 0 Å². The van der Waals surface area contributed by atoms with E-state index in [2.05, 4.69) is 0 Å². The summed E-state index contributed by atoms with van der Waals surface area (Å²) in [5.74, 6) is -0.141. The van der Waals surface area contributed by atoms with Crippen molar-refractivity contribution in [1.82, 2.24) is 0 Å². The summed E-state index contributed by atoms with van der Waals surface area (Å²) in [6, 6.07) is 15.1. The highest BCUT2D eigenvalue weighted by Crippen LogP contribution is 2.43. The number of anilines is 2. The average molecular weight is 310 g/mol. The molecule has 0 amide bonds. The quantitative estimate of drug-likeness (QED) is 0.832. The molecule has 120 valence electrons. The predicted molar refractivity (Wildman–Crippen MR) is 91.6 cm³/mol. The fourth-order valence-electron chi connectivity index (χ4n) is 3.21. The fourth-order valence-corrected chi connectivity index (χ4v) is 3.21. The van der Waals surface area contributed by atoms with Crippen LogP contribution in [0.25, 0.3) is 0 Å². The Kier molecular flexibility index (Phi) is 4.09. The molecular weight excluding hydrogens is 288 g/mol. The molecule has 2 aromatic rings. The molecule has 4 atom stereocenters. The van der Waals surface area contributed by atoms with E-state index in [1.807, 2.05) is 62.4 Å². The topological polar surface area (TPSA) is 78.3 Å². The third-order valence-electron chi connectivity index (χ3n) is 4.63. The van der Waals surface area contributed by atoms with Crippen LogP contribution < -0.4 is 11.5 Å². The molecule has 3 rings (SSSR count). The second-order valence-corrected chi connectivity index (χ2v) is 6.29. The minimum atomic E-state index is -0.262. The van der Waals surface area contributed by atoms with Crippen molar-refractivity contribution in [2.75, 3.05) is 11.5 Å². The molecule has 4 unspecified atom stereocenters. The number of Topliss-reactive ketones (excluding diaryl/α,β-unsaturated/α-hetero) is 1. The molecule has 0 aromatic heterocycles. The van der Waals surface area contributed by atoms with E-state index < -0.39 is 0 Å². The zero-order chi connectivity index (χ0) is 16.6. The maximum atomic E-state index is 12.7. The van der Waals surface area contributed by atoms with E-state index in [9.17, 15) is 4.79 Å². The number of ketones is 1. The molecule has 0 bridgehead atoms. The number of nitrogen functional groups attached to an aromatic ring is 2. The first kappa shape index (κ1) is 15.6. The smallest absolute Gasteiger partial charge is 0.144 e. The minimum Gasteiger partial charge on any atom is -0.399 e. The van der Waals surface area contributed by atoms with E-state index in [1.54, 1.807) is 0 Å². The first-order valence-electron chi connectivity index (χ1n) is 7.87. The average Bonchev–Trinajstić information content (AvgIpc) is 2.55. The van der Waals surface area contributed by atoms with Gasteiger partial charge in [0.05, 0.1) is 12.2 Å². The summed E-state index contributed by atoms with van der Waals surface area (Å²) in [5.41, 5.74) is 14.9. The van der Waals surface area contributed by atoms with Crippen molar-refractivity contribution in [3.8, 4) is 0 Å². The summed E-state index contributed by atoms with van der Waals surface area (Å²) in [6.07, 6.45) is -0.524. The van der Waals surface area contributed by atoms with Crippen LogP contribution in [-0.2, 0) is 9.53 Å². The standard InChI is InChI=1S/C19H22N2O2/c1-11-17(22)12(2)19(14-5-9-16(21)10-6-14)23-18(11)13-3-7-15(20)8-4-13/h3-12,18-19H,20-21H2,1-2H3. The number of hydrogen-bond acceptors (Lipinski definition) is 4. The summed E-state index contributed by atoms with van der Waals surface area (Å²) in [7, 11) is 0. The van der Waals surface area contributed by atoms with E-state index in [0.29, 0.717) is 11.4 Å². The Morgan fingerprint density at radius 3 is 1.43 bits per heavy atom. The largest absolute Gasteiger partial charge is 0.399 e. The Morgan fingerprint density at radius 2 is 1.09 bits per heavy atom. The van der Waals surface area contributed by atoms with Gasteiger partial charge in [-0.15, -0.1) is 0 Å². The first-order chi connectivity index (χ1) is 11.0. The molecule has 0 saturated carbocycles. The molecule has 1 heterocycles. The Bertz CT molecular complexity index is 635. The van der Waals surface area contributed by atoms with Gasteiger partial charge >= 0.3 is 0 Å². The molecule has 23 heavy (non-hydrogen) atoms. The number of hydrogen-bond donors (Lipinski definition) is 2. The highest BCUT2D eigenvalue weighted by atomic mass is 16.5. The van der Waals surface area contributed by atoms with E-state index in [1.165, 1.54) is 0 Å². The Labute approximate surface area is 136 Å². The van der Waals surface area contributed by atoms with Crippen LogP contribution in [0.2, 0.25) is 0 Å². The van der Waals surface area contributed by atoms with Gasteiger partial charge in [0, 0.05) is 23.2 Å². The lowest BCUT2D eigenvalue weighted by Crippen LogP contribution is -2.37. The van der Waals surface area contributed by atoms with Crippen LogP contribution in [0.5, 0.6) is 0 Å². The number of ether oxygens (including phenoxy) is 1. The molecule has 4 heteroatoms. The Balaban J connectivity index is 1.94. The molecule has 0 aliphatic carbocycles. The summed E-state index contributed by atoms with van der Waals surface area (Å²) in [6.45, 7) is 3.86. The van der Waals surface area contributed by atoms with E-state index >= 15 is 0 Å². The van der Waals surface area contributed by atoms with Gasteiger partial charge in [0.15, 0.2) is 0 Å². The highest BCUT2D eigenvalue weighted by Gasteiger charge is 2.41. The molecule has 1 aliphatic rings. The van der Waals surface area contributed by atoms with E-state index in [-0.39, 0.29) is 29.8 Å². The Hall–Kier alpha value is -2.33. The van der Waals surface area contributed by atoms with Crippen molar-refractivity contribution >= 4 is 17.2 Å². The summed E-state index contributed by atoms with van der Waals surface area (Å²) in [5, 5.41) is 0. The van der Waals surface area contributed by atoms with Gasteiger partial charge in [0.1, 0.15) is 5.78 Å². The van der Waals surface area contributed by atoms with Gasteiger partial charge in [-0.3, -0.25) is 4.79 Å². The summed E-state index contributed by atoms with van der Waals surface area (Å²) >= 11 is 0. The molecule has 1 aliphatic heterocycles. The summed E-state index contributed by atoms with van der Waals surface area (Å²) < 4.78 is 6.33. The van der Waals surface area contributed by atoms with Gasteiger partial charge in [-0.25, -0.2) is 0 Å². The third kappa shape index (κ3) is 2.94. The predicted octanol–water partition coefficient (Wildman–Crippen LogP) is 3.50. The van der Waals surface area contributed by atoms with Gasteiger partial charge in [-0.05, 0) is 35.4 Å². The maximum Gasteiger partial charge on any atom is 0.144 e. The first-order valence-corrected chi connectivity index (χ1v) is 7.87.